The quantitative estimate of drug-likeness (QED) is 0.501. The van der Waals surface area contributed by atoms with E-state index in [0.717, 1.165) is 26.7 Å². The number of hydrogen-bond acceptors (Lipinski definition) is 4. The molecule has 0 unspecified atom stereocenters. The van der Waals surface area contributed by atoms with Crippen molar-refractivity contribution in [2.24, 2.45) is 0 Å². The van der Waals surface area contributed by atoms with Gasteiger partial charge in [-0.3, -0.25) is 4.98 Å². The first-order valence-corrected chi connectivity index (χ1v) is 8.11. The predicted molar refractivity (Wildman–Crippen MR) is 94.2 cm³/mol. The van der Waals surface area contributed by atoms with Crippen molar-refractivity contribution in [1.29, 1.82) is 0 Å². The first-order chi connectivity index (χ1) is 11.3. The smallest absolute Gasteiger partial charge is 0.120 e. The van der Waals surface area contributed by atoms with Crippen LogP contribution >= 0.6 is 11.8 Å². The van der Waals surface area contributed by atoms with E-state index < -0.39 is 0 Å². The molecule has 0 amide bonds. The molecule has 3 nitrogen and oxygen atoms in total. The van der Waals surface area contributed by atoms with Crippen LogP contribution in [-0.2, 0) is 0 Å². The van der Waals surface area contributed by atoms with E-state index in [1.54, 1.807) is 18.9 Å². The van der Waals surface area contributed by atoms with Gasteiger partial charge in [0.15, 0.2) is 0 Å². The second-order valence-corrected chi connectivity index (χ2v) is 6.27. The molecule has 0 aliphatic carbocycles. The Morgan fingerprint density at radius 1 is 0.870 bits per heavy atom. The van der Waals surface area contributed by atoms with Crippen LogP contribution in [0.5, 0.6) is 5.75 Å². The summed E-state index contributed by atoms with van der Waals surface area (Å²) in [4.78, 5) is 10.4. The van der Waals surface area contributed by atoms with Crippen molar-refractivity contribution < 1.29 is 4.74 Å². The zero-order valence-electron chi connectivity index (χ0n) is 12.6. The third kappa shape index (κ3) is 2.85. The number of methoxy groups -OCH3 is 1. The van der Waals surface area contributed by atoms with Gasteiger partial charge in [-0.05, 0) is 47.2 Å². The zero-order valence-corrected chi connectivity index (χ0v) is 13.4. The van der Waals surface area contributed by atoms with E-state index in [2.05, 4.69) is 29.2 Å². The fourth-order valence-corrected chi connectivity index (χ4v) is 3.26. The molecule has 0 aliphatic rings. The fourth-order valence-electron chi connectivity index (χ4n) is 2.50. The van der Waals surface area contributed by atoms with Gasteiger partial charge in [0.1, 0.15) is 10.8 Å². The summed E-state index contributed by atoms with van der Waals surface area (Å²) in [5.41, 5.74) is 1.84. The summed E-state index contributed by atoms with van der Waals surface area (Å²) in [6, 6.07) is 20.4. The number of benzene rings is 3. The summed E-state index contributed by atoms with van der Waals surface area (Å²) in [5.74, 6) is 0.852. The molecule has 112 valence electrons. The van der Waals surface area contributed by atoms with Crippen LogP contribution in [0.2, 0.25) is 0 Å². The Morgan fingerprint density at radius 3 is 2.26 bits per heavy atom. The van der Waals surface area contributed by atoms with Crippen molar-refractivity contribution in [3.8, 4) is 5.75 Å². The Hall–Kier alpha value is -2.59. The first kappa shape index (κ1) is 14.0. The van der Waals surface area contributed by atoms with Crippen LogP contribution in [0, 0.1) is 0 Å². The molecule has 4 heteroatoms. The van der Waals surface area contributed by atoms with Gasteiger partial charge in [-0.15, -0.1) is 0 Å². The monoisotopic (exact) mass is 318 g/mol. The predicted octanol–water partition coefficient (Wildman–Crippen LogP) is 4.94. The van der Waals surface area contributed by atoms with Crippen LogP contribution in [0.15, 0.2) is 76.8 Å². The molecule has 0 aliphatic heterocycles. The van der Waals surface area contributed by atoms with Crippen molar-refractivity contribution in [2.75, 3.05) is 7.11 Å². The summed E-state index contributed by atoms with van der Waals surface area (Å²) in [6.07, 6.45) is 1.83. The van der Waals surface area contributed by atoms with E-state index in [-0.39, 0.29) is 0 Å². The molecular formula is C19H14N2OS. The third-order valence-electron chi connectivity index (χ3n) is 3.67. The summed E-state index contributed by atoms with van der Waals surface area (Å²) in [5, 5.41) is 3.25. The molecule has 1 heterocycles. The molecule has 0 fully saturated rings. The van der Waals surface area contributed by atoms with Gasteiger partial charge in [-0.25, -0.2) is 4.98 Å². The van der Waals surface area contributed by atoms with Gasteiger partial charge in [0.2, 0.25) is 0 Å². The van der Waals surface area contributed by atoms with Crippen molar-refractivity contribution in [1.82, 2.24) is 9.97 Å². The van der Waals surface area contributed by atoms with Crippen LogP contribution in [0.25, 0.3) is 21.8 Å². The molecule has 1 aromatic heterocycles. The molecule has 0 saturated carbocycles. The standard InChI is InChI=1S/C19H14N2OS/c1-22-15-6-8-16(9-7-15)23-19-12-20-17-10-13-4-2-3-5-14(13)11-18(17)21-19/h2-12H,1H3. The van der Waals surface area contributed by atoms with Gasteiger partial charge in [-0.1, -0.05) is 36.0 Å². The average molecular weight is 318 g/mol. The number of rotatable bonds is 3. The van der Waals surface area contributed by atoms with Crippen LogP contribution in [0.4, 0.5) is 0 Å². The van der Waals surface area contributed by atoms with Crippen molar-refractivity contribution in [2.45, 2.75) is 9.92 Å². The zero-order chi connectivity index (χ0) is 15.6. The second-order valence-electron chi connectivity index (χ2n) is 5.17. The Morgan fingerprint density at radius 2 is 1.57 bits per heavy atom. The maximum absolute atomic E-state index is 5.18. The summed E-state index contributed by atoms with van der Waals surface area (Å²) < 4.78 is 5.18. The minimum Gasteiger partial charge on any atom is -0.497 e. The van der Waals surface area contributed by atoms with Crippen molar-refractivity contribution in [3.63, 3.8) is 0 Å². The van der Waals surface area contributed by atoms with Crippen molar-refractivity contribution >= 4 is 33.6 Å². The molecular weight excluding hydrogens is 304 g/mol. The van der Waals surface area contributed by atoms with Crippen LogP contribution in [0.3, 0.4) is 0 Å². The van der Waals surface area contributed by atoms with E-state index in [1.807, 2.05) is 42.6 Å². The lowest BCUT2D eigenvalue weighted by Gasteiger charge is -2.05. The highest BCUT2D eigenvalue weighted by Gasteiger charge is 2.04. The largest absolute Gasteiger partial charge is 0.497 e. The molecule has 4 rings (SSSR count). The molecule has 0 saturated heterocycles. The number of nitrogens with zero attached hydrogens (tertiary/aromatic N) is 2. The number of hydrogen-bond donors (Lipinski definition) is 0. The molecule has 0 spiro atoms. The summed E-state index contributed by atoms with van der Waals surface area (Å²) >= 11 is 1.60. The van der Waals surface area contributed by atoms with Gasteiger partial charge >= 0.3 is 0 Å². The van der Waals surface area contributed by atoms with Gasteiger partial charge < -0.3 is 4.74 Å². The highest BCUT2D eigenvalue weighted by Crippen LogP contribution is 2.29. The minimum atomic E-state index is 0.852. The maximum atomic E-state index is 5.18. The Bertz CT molecular complexity index is 983. The van der Waals surface area contributed by atoms with Crippen LogP contribution in [-0.4, -0.2) is 17.1 Å². The van der Waals surface area contributed by atoms with Gasteiger partial charge in [0, 0.05) is 4.90 Å². The van der Waals surface area contributed by atoms with Gasteiger partial charge in [0.25, 0.3) is 0 Å². The normalized spacial score (nSPS) is 11.0. The lowest BCUT2D eigenvalue weighted by molar-refractivity contribution is 0.414. The fraction of sp³-hybridized carbons (Fsp3) is 0.0526. The van der Waals surface area contributed by atoms with Crippen LogP contribution in [0.1, 0.15) is 0 Å². The first-order valence-electron chi connectivity index (χ1n) is 7.29. The maximum Gasteiger partial charge on any atom is 0.120 e. The molecule has 4 aromatic rings. The molecule has 0 N–H and O–H groups in total. The second kappa shape index (κ2) is 5.89. The number of aromatic nitrogens is 2. The SMILES string of the molecule is COc1ccc(Sc2cnc3cc4ccccc4cc3n2)cc1. The highest BCUT2D eigenvalue weighted by molar-refractivity contribution is 7.99. The molecule has 0 radical (unpaired) electrons. The van der Waals surface area contributed by atoms with E-state index >= 15 is 0 Å². The molecule has 0 atom stereocenters. The van der Waals surface area contributed by atoms with E-state index in [0.29, 0.717) is 0 Å². The highest BCUT2D eigenvalue weighted by atomic mass is 32.2. The number of ether oxygens (including phenoxy) is 1. The topological polar surface area (TPSA) is 35.0 Å². The minimum absolute atomic E-state index is 0.852. The Kier molecular flexibility index (Phi) is 3.60. The van der Waals surface area contributed by atoms with Crippen molar-refractivity contribution in [3.05, 3.63) is 66.9 Å². The lowest BCUT2D eigenvalue weighted by Crippen LogP contribution is -1.87. The molecule has 23 heavy (non-hydrogen) atoms. The Balaban J connectivity index is 1.71. The number of fused-ring (bicyclic) bond motifs is 2. The average Bonchev–Trinajstić information content (AvgIpc) is 2.60. The summed E-state index contributed by atoms with van der Waals surface area (Å²) in [7, 11) is 1.67. The summed E-state index contributed by atoms with van der Waals surface area (Å²) in [6.45, 7) is 0. The van der Waals surface area contributed by atoms with E-state index in [1.165, 1.54) is 10.8 Å². The van der Waals surface area contributed by atoms with E-state index in [4.69, 9.17) is 9.72 Å². The van der Waals surface area contributed by atoms with Gasteiger partial charge in [0.05, 0.1) is 24.3 Å². The lowest BCUT2D eigenvalue weighted by atomic mass is 10.1. The van der Waals surface area contributed by atoms with E-state index in [9.17, 15) is 0 Å². The third-order valence-corrected chi connectivity index (χ3v) is 4.58. The van der Waals surface area contributed by atoms with Gasteiger partial charge in [-0.2, -0.15) is 0 Å². The molecule has 0 bridgehead atoms. The molecule has 3 aromatic carbocycles. The Labute approximate surface area is 138 Å². The van der Waals surface area contributed by atoms with Crippen LogP contribution < -0.4 is 4.74 Å².